The van der Waals surface area contributed by atoms with Gasteiger partial charge in [0, 0.05) is 24.8 Å². The molecule has 1 N–H and O–H groups in total. The minimum Gasteiger partial charge on any atom is -0.341 e. The van der Waals surface area contributed by atoms with Crippen molar-refractivity contribution in [1.29, 1.82) is 0 Å². The summed E-state index contributed by atoms with van der Waals surface area (Å²) in [6.45, 7) is 3.74. The second-order valence-electron chi connectivity index (χ2n) is 6.06. The summed E-state index contributed by atoms with van der Waals surface area (Å²) in [6, 6.07) is 1.19. The molecule has 2 heterocycles. The molecule has 134 valence electrons. The van der Waals surface area contributed by atoms with Crippen LogP contribution in [0.15, 0.2) is 16.0 Å². The van der Waals surface area contributed by atoms with Gasteiger partial charge in [-0.2, -0.15) is 0 Å². The minimum atomic E-state index is -3.04. The fourth-order valence-electron chi connectivity index (χ4n) is 2.69. The largest absolute Gasteiger partial charge is 0.341 e. The molecule has 1 aromatic heterocycles. The summed E-state index contributed by atoms with van der Waals surface area (Å²) < 4.78 is 23.1. The number of thioether (sulfide) groups is 1. The highest BCUT2D eigenvalue weighted by molar-refractivity contribution is 8.00. The van der Waals surface area contributed by atoms with Gasteiger partial charge in [-0.05, 0) is 19.8 Å². The van der Waals surface area contributed by atoms with Gasteiger partial charge in [0.25, 0.3) is 5.56 Å². The maximum atomic E-state index is 12.5. The third-order valence-electron chi connectivity index (χ3n) is 4.02. The van der Waals surface area contributed by atoms with Crippen LogP contribution in [0, 0.1) is 0 Å². The molecule has 2 rings (SSSR count). The Balaban J connectivity index is 2.05. The number of rotatable bonds is 6. The van der Waals surface area contributed by atoms with E-state index in [4.69, 9.17) is 0 Å². The van der Waals surface area contributed by atoms with Gasteiger partial charge in [-0.3, -0.25) is 9.59 Å². The van der Waals surface area contributed by atoms with E-state index in [0.29, 0.717) is 23.7 Å². The van der Waals surface area contributed by atoms with E-state index in [1.807, 2.05) is 6.92 Å². The number of hydrogen-bond donors (Lipinski definition) is 1. The SMILES string of the molecule is CCCc1cc(=O)[nH]c(S[C@H](C)C(=O)N(C)[C@@H]2CCS(=O)(=O)C2)n1. The van der Waals surface area contributed by atoms with Crippen LogP contribution >= 0.6 is 11.8 Å². The number of nitrogens with one attached hydrogen (secondary N) is 1. The van der Waals surface area contributed by atoms with Crippen LogP contribution in [0.3, 0.4) is 0 Å². The third kappa shape index (κ3) is 4.83. The first kappa shape index (κ1) is 19.0. The van der Waals surface area contributed by atoms with Gasteiger partial charge in [0.05, 0.1) is 16.8 Å². The van der Waals surface area contributed by atoms with Crippen molar-refractivity contribution in [1.82, 2.24) is 14.9 Å². The van der Waals surface area contributed by atoms with E-state index in [2.05, 4.69) is 9.97 Å². The fraction of sp³-hybridized carbons (Fsp3) is 0.667. The van der Waals surface area contributed by atoms with Crippen LogP contribution in [-0.4, -0.2) is 59.0 Å². The van der Waals surface area contributed by atoms with Crippen LogP contribution in [0.2, 0.25) is 0 Å². The maximum Gasteiger partial charge on any atom is 0.251 e. The van der Waals surface area contributed by atoms with Gasteiger partial charge in [-0.1, -0.05) is 25.1 Å². The maximum absolute atomic E-state index is 12.5. The third-order valence-corrected chi connectivity index (χ3v) is 6.74. The van der Waals surface area contributed by atoms with Crippen molar-refractivity contribution in [3.8, 4) is 0 Å². The number of H-pyrrole nitrogens is 1. The van der Waals surface area contributed by atoms with E-state index in [1.54, 1.807) is 14.0 Å². The molecule has 0 unspecified atom stereocenters. The molecule has 0 aliphatic carbocycles. The van der Waals surface area contributed by atoms with Crippen molar-refractivity contribution in [3.05, 3.63) is 22.1 Å². The zero-order valence-electron chi connectivity index (χ0n) is 14.1. The molecule has 2 atom stereocenters. The van der Waals surface area contributed by atoms with Crippen molar-refractivity contribution < 1.29 is 13.2 Å². The lowest BCUT2D eigenvalue weighted by Gasteiger charge is -2.26. The van der Waals surface area contributed by atoms with Crippen LogP contribution in [0.25, 0.3) is 0 Å². The van der Waals surface area contributed by atoms with E-state index >= 15 is 0 Å². The summed E-state index contributed by atoms with van der Waals surface area (Å²) in [5.74, 6) is -0.0102. The molecule has 0 bridgehead atoms. The molecule has 1 aromatic rings. The second kappa shape index (κ2) is 7.69. The Labute approximate surface area is 146 Å². The zero-order chi connectivity index (χ0) is 17.9. The predicted molar refractivity (Wildman–Crippen MR) is 94.0 cm³/mol. The average Bonchev–Trinajstić information content (AvgIpc) is 2.85. The molecule has 1 aliphatic heterocycles. The van der Waals surface area contributed by atoms with Crippen molar-refractivity contribution in [2.75, 3.05) is 18.6 Å². The van der Waals surface area contributed by atoms with Gasteiger partial charge >= 0.3 is 0 Å². The van der Waals surface area contributed by atoms with E-state index in [9.17, 15) is 18.0 Å². The predicted octanol–water partition coefficient (Wildman–Crippen LogP) is 0.849. The molecule has 1 amide bonds. The van der Waals surface area contributed by atoms with E-state index in [-0.39, 0.29) is 29.0 Å². The number of amides is 1. The summed E-state index contributed by atoms with van der Waals surface area (Å²) in [7, 11) is -1.40. The first-order valence-electron chi connectivity index (χ1n) is 7.96. The van der Waals surface area contributed by atoms with Crippen LogP contribution in [0.1, 0.15) is 32.4 Å². The smallest absolute Gasteiger partial charge is 0.251 e. The summed E-state index contributed by atoms with van der Waals surface area (Å²) in [5.41, 5.74) is 0.476. The number of nitrogens with zero attached hydrogens (tertiary/aromatic N) is 2. The highest BCUT2D eigenvalue weighted by atomic mass is 32.2. The molecule has 0 radical (unpaired) electrons. The van der Waals surface area contributed by atoms with Crippen molar-refractivity contribution >= 4 is 27.5 Å². The number of aromatic amines is 1. The number of aryl methyl sites for hydroxylation is 1. The van der Waals surface area contributed by atoms with Gasteiger partial charge in [0.2, 0.25) is 5.91 Å². The first-order chi connectivity index (χ1) is 11.2. The van der Waals surface area contributed by atoms with Crippen LogP contribution < -0.4 is 5.56 Å². The summed E-state index contributed by atoms with van der Waals surface area (Å²) in [5, 5.41) is -0.0439. The molecule has 0 aromatic carbocycles. The molecule has 0 saturated carbocycles. The highest BCUT2D eigenvalue weighted by Crippen LogP contribution is 2.23. The normalized spacial score (nSPS) is 20.7. The Morgan fingerprint density at radius 3 is 2.83 bits per heavy atom. The topological polar surface area (TPSA) is 100 Å². The van der Waals surface area contributed by atoms with Gasteiger partial charge in [-0.15, -0.1) is 0 Å². The van der Waals surface area contributed by atoms with E-state index < -0.39 is 15.1 Å². The summed E-state index contributed by atoms with van der Waals surface area (Å²) in [6.07, 6.45) is 2.07. The lowest BCUT2D eigenvalue weighted by atomic mass is 10.2. The molecule has 1 aliphatic rings. The molecule has 1 fully saturated rings. The Morgan fingerprint density at radius 1 is 1.54 bits per heavy atom. The van der Waals surface area contributed by atoms with Gasteiger partial charge in [-0.25, -0.2) is 13.4 Å². The monoisotopic (exact) mass is 373 g/mol. The molecule has 1 saturated heterocycles. The molecular weight excluding hydrogens is 350 g/mol. The van der Waals surface area contributed by atoms with Gasteiger partial charge in [0.1, 0.15) is 0 Å². The lowest BCUT2D eigenvalue weighted by molar-refractivity contribution is -0.130. The van der Waals surface area contributed by atoms with E-state index in [0.717, 1.165) is 6.42 Å². The standard InChI is InChI=1S/C15H23N3O4S2/c1-4-5-11-8-13(19)17-15(16-11)23-10(2)14(20)18(3)12-6-7-24(21,22)9-12/h8,10,12H,4-7,9H2,1-3H3,(H,16,17,19)/t10-,12-/m1/s1. The molecule has 9 heteroatoms. The van der Waals surface area contributed by atoms with Crippen molar-refractivity contribution in [3.63, 3.8) is 0 Å². The van der Waals surface area contributed by atoms with Crippen LogP contribution in [0.4, 0.5) is 0 Å². The lowest BCUT2D eigenvalue weighted by Crippen LogP contribution is -2.41. The second-order valence-corrected chi connectivity index (χ2v) is 9.62. The minimum absolute atomic E-state index is 0.0215. The van der Waals surface area contributed by atoms with E-state index in [1.165, 1.54) is 22.7 Å². The Hall–Kier alpha value is -1.35. The Morgan fingerprint density at radius 2 is 2.25 bits per heavy atom. The number of aromatic nitrogens is 2. The fourth-order valence-corrected chi connectivity index (χ4v) is 5.39. The number of carbonyl (C=O) groups is 1. The quantitative estimate of drug-likeness (QED) is 0.586. The van der Waals surface area contributed by atoms with Gasteiger partial charge < -0.3 is 9.88 Å². The Bertz CT molecular complexity index is 760. The first-order valence-corrected chi connectivity index (χ1v) is 10.7. The van der Waals surface area contributed by atoms with Crippen molar-refractivity contribution in [2.24, 2.45) is 0 Å². The average molecular weight is 374 g/mol. The number of hydrogen-bond acceptors (Lipinski definition) is 6. The van der Waals surface area contributed by atoms with Gasteiger partial charge in [0.15, 0.2) is 15.0 Å². The molecular formula is C15H23N3O4S2. The summed E-state index contributed by atoms with van der Waals surface area (Å²) >= 11 is 1.19. The van der Waals surface area contributed by atoms with Crippen LogP contribution in [-0.2, 0) is 21.1 Å². The van der Waals surface area contributed by atoms with Crippen LogP contribution in [0.5, 0.6) is 0 Å². The molecule has 24 heavy (non-hydrogen) atoms. The van der Waals surface area contributed by atoms with Crippen molar-refractivity contribution in [2.45, 2.75) is 49.6 Å². The highest BCUT2D eigenvalue weighted by Gasteiger charge is 2.34. The number of carbonyl (C=O) groups excluding carboxylic acids is 1. The molecule has 7 nitrogen and oxygen atoms in total. The summed E-state index contributed by atoms with van der Waals surface area (Å²) in [4.78, 5) is 32.7. The Kier molecular flexibility index (Phi) is 6.08. The molecule has 0 spiro atoms. The number of sulfone groups is 1. The zero-order valence-corrected chi connectivity index (χ0v) is 15.7.